The zero-order valence-electron chi connectivity index (χ0n) is 11.8. The molecule has 2 aromatic rings. The average Bonchev–Trinajstić information content (AvgIpc) is 2.96. The highest BCUT2D eigenvalue weighted by atomic mass is 32.1. The van der Waals surface area contributed by atoms with Crippen LogP contribution >= 0.6 is 12.2 Å². The largest absolute Gasteiger partial charge is 0.455 e. The molecule has 22 heavy (non-hydrogen) atoms. The van der Waals surface area contributed by atoms with Gasteiger partial charge in [0.1, 0.15) is 11.5 Å². The molecule has 0 radical (unpaired) electrons. The van der Waals surface area contributed by atoms with Crippen molar-refractivity contribution in [2.24, 2.45) is 5.10 Å². The van der Waals surface area contributed by atoms with E-state index in [1.165, 1.54) is 12.3 Å². The number of benzene rings is 1. The first-order valence-electron chi connectivity index (χ1n) is 6.52. The van der Waals surface area contributed by atoms with E-state index in [4.69, 9.17) is 16.6 Å². The molecule has 0 aliphatic carbocycles. The van der Waals surface area contributed by atoms with Gasteiger partial charge in [-0.3, -0.25) is 15.5 Å². The Morgan fingerprint density at radius 1 is 1.41 bits per heavy atom. The van der Waals surface area contributed by atoms with Gasteiger partial charge < -0.3 is 9.73 Å². The first-order valence-corrected chi connectivity index (χ1v) is 6.93. The van der Waals surface area contributed by atoms with Gasteiger partial charge in [0.05, 0.1) is 16.7 Å². The van der Waals surface area contributed by atoms with Crippen LogP contribution in [0.2, 0.25) is 0 Å². The van der Waals surface area contributed by atoms with Crippen LogP contribution in [0, 0.1) is 10.1 Å². The highest BCUT2D eigenvalue weighted by Gasteiger charge is 2.16. The topological polar surface area (TPSA) is 92.7 Å². The molecule has 7 nitrogen and oxygen atoms in total. The summed E-state index contributed by atoms with van der Waals surface area (Å²) >= 11 is 4.95. The Hall–Kier alpha value is -2.74. The van der Waals surface area contributed by atoms with Crippen molar-refractivity contribution in [3.8, 4) is 11.3 Å². The van der Waals surface area contributed by atoms with Crippen molar-refractivity contribution in [2.75, 3.05) is 6.54 Å². The van der Waals surface area contributed by atoms with Crippen molar-refractivity contribution in [2.45, 2.75) is 6.92 Å². The first kappa shape index (κ1) is 15.6. The van der Waals surface area contributed by atoms with E-state index < -0.39 is 4.92 Å². The predicted octanol–water partition coefficient (Wildman–Crippen LogP) is 2.67. The number of nitro groups is 1. The fourth-order valence-corrected chi connectivity index (χ4v) is 1.96. The number of nitro benzene ring substituents is 1. The molecule has 0 saturated heterocycles. The number of hydrazone groups is 1. The maximum atomic E-state index is 11.0. The van der Waals surface area contributed by atoms with Crippen LogP contribution in [0.1, 0.15) is 12.7 Å². The van der Waals surface area contributed by atoms with E-state index in [2.05, 4.69) is 15.8 Å². The van der Waals surface area contributed by atoms with E-state index in [1.807, 2.05) is 6.92 Å². The second-order valence-corrected chi connectivity index (χ2v) is 4.61. The van der Waals surface area contributed by atoms with Crippen molar-refractivity contribution < 1.29 is 9.34 Å². The minimum atomic E-state index is -0.442. The molecule has 0 aliphatic heterocycles. The molecule has 0 unspecified atom stereocenters. The van der Waals surface area contributed by atoms with Crippen molar-refractivity contribution in [3.63, 3.8) is 0 Å². The van der Waals surface area contributed by atoms with Crippen LogP contribution in [0.15, 0.2) is 45.9 Å². The molecule has 0 bridgehead atoms. The van der Waals surface area contributed by atoms with Gasteiger partial charge in [0.25, 0.3) is 5.69 Å². The quantitative estimate of drug-likeness (QED) is 0.381. The van der Waals surface area contributed by atoms with Crippen LogP contribution in [0.25, 0.3) is 11.3 Å². The Bertz CT molecular complexity index is 712. The van der Waals surface area contributed by atoms with Crippen LogP contribution in [0.5, 0.6) is 0 Å². The summed E-state index contributed by atoms with van der Waals surface area (Å²) in [5, 5.41) is 18.2. The van der Waals surface area contributed by atoms with Gasteiger partial charge in [0.15, 0.2) is 5.11 Å². The van der Waals surface area contributed by atoms with E-state index in [0.29, 0.717) is 28.7 Å². The van der Waals surface area contributed by atoms with E-state index in [0.717, 1.165) is 0 Å². The fourth-order valence-electron chi connectivity index (χ4n) is 1.76. The van der Waals surface area contributed by atoms with Crippen molar-refractivity contribution in [3.05, 3.63) is 52.3 Å². The highest BCUT2D eigenvalue weighted by Crippen LogP contribution is 2.30. The molecule has 0 saturated carbocycles. The summed E-state index contributed by atoms with van der Waals surface area (Å²) in [5.74, 6) is 0.864. The lowest BCUT2D eigenvalue weighted by Gasteiger charge is -2.01. The molecular formula is C14H14N4O3S. The zero-order chi connectivity index (χ0) is 15.9. The maximum absolute atomic E-state index is 11.0. The summed E-state index contributed by atoms with van der Waals surface area (Å²) in [6, 6.07) is 9.73. The summed E-state index contributed by atoms with van der Waals surface area (Å²) in [6.07, 6.45) is 1.45. The number of para-hydroxylation sites is 1. The molecule has 114 valence electrons. The Kier molecular flexibility index (Phi) is 5.21. The SMILES string of the molecule is CCNC(=S)N/N=C/c1ccc(-c2ccccc2[N+](=O)[O-])o1. The average molecular weight is 318 g/mol. The summed E-state index contributed by atoms with van der Waals surface area (Å²) in [7, 11) is 0. The molecule has 0 spiro atoms. The van der Waals surface area contributed by atoms with Gasteiger partial charge in [-0.15, -0.1) is 0 Å². The van der Waals surface area contributed by atoms with Gasteiger partial charge in [-0.05, 0) is 37.3 Å². The van der Waals surface area contributed by atoms with Gasteiger partial charge in [0, 0.05) is 12.6 Å². The standard InChI is InChI=1S/C14H14N4O3S/c1-2-15-14(22)17-16-9-10-7-8-13(21-10)11-5-3-4-6-12(11)18(19)20/h3-9H,2H2,1H3,(H2,15,17,22)/b16-9+. The third-order valence-corrected chi connectivity index (χ3v) is 2.92. The molecule has 0 fully saturated rings. The van der Waals surface area contributed by atoms with Gasteiger partial charge in [-0.1, -0.05) is 12.1 Å². The van der Waals surface area contributed by atoms with Gasteiger partial charge in [-0.25, -0.2) is 0 Å². The monoisotopic (exact) mass is 318 g/mol. The van der Waals surface area contributed by atoms with Gasteiger partial charge >= 0.3 is 0 Å². The number of nitrogens with one attached hydrogen (secondary N) is 2. The van der Waals surface area contributed by atoms with E-state index in [1.54, 1.807) is 30.3 Å². The Morgan fingerprint density at radius 3 is 2.91 bits per heavy atom. The molecule has 0 atom stereocenters. The smallest absolute Gasteiger partial charge is 0.280 e. The minimum absolute atomic E-state index is 0.00760. The minimum Gasteiger partial charge on any atom is -0.455 e. The van der Waals surface area contributed by atoms with E-state index in [9.17, 15) is 10.1 Å². The normalized spacial score (nSPS) is 10.6. The lowest BCUT2D eigenvalue weighted by molar-refractivity contribution is -0.384. The van der Waals surface area contributed by atoms with Crippen molar-refractivity contribution in [1.82, 2.24) is 10.7 Å². The molecule has 1 aromatic heterocycles. The molecule has 0 amide bonds. The molecular weight excluding hydrogens is 304 g/mol. The van der Waals surface area contributed by atoms with Crippen molar-refractivity contribution >= 4 is 29.2 Å². The Balaban J connectivity index is 2.14. The summed E-state index contributed by atoms with van der Waals surface area (Å²) in [6.45, 7) is 2.62. The summed E-state index contributed by atoms with van der Waals surface area (Å²) < 4.78 is 5.54. The Morgan fingerprint density at radius 2 is 2.18 bits per heavy atom. The third kappa shape index (κ3) is 3.89. The third-order valence-electron chi connectivity index (χ3n) is 2.69. The molecule has 2 N–H and O–H groups in total. The van der Waals surface area contributed by atoms with E-state index >= 15 is 0 Å². The van der Waals surface area contributed by atoms with Gasteiger partial charge in [0.2, 0.25) is 0 Å². The number of rotatable bonds is 5. The number of hydrogen-bond donors (Lipinski definition) is 2. The van der Waals surface area contributed by atoms with Crippen LogP contribution in [0.3, 0.4) is 0 Å². The second kappa shape index (κ2) is 7.32. The van der Waals surface area contributed by atoms with Gasteiger partial charge in [-0.2, -0.15) is 5.10 Å². The Labute approximate surface area is 132 Å². The maximum Gasteiger partial charge on any atom is 0.280 e. The van der Waals surface area contributed by atoms with Crippen LogP contribution in [-0.4, -0.2) is 22.8 Å². The molecule has 1 aromatic carbocycles. The lowest BCUT2D eigenvalue weighted by Crippen LogP contribution is -2.31. The van der Waals surface area contributed by atoms with Crippen LogP contribution < -0.4 is 10.7 Å². The number of hydrogen-bond acceptors (Lipinski definition) is 5. The zero-order valence-corrected chi connectivity index (χ0v) is 12.6. The number of furan rings is 1. The number of thiocarbonyl (C=S) groups is 1. The summed E-state index contributed by atoms with van der Waals surface area (Å²) in [5.41, 5.74) is 3.04. The number of nitrogens with zero attached hydrogens (tertiary/aromatic N) is 2. The second-order valence-electron chi connectivity index (χ2n) is 4.21. The fraction of sp³-hybridized carbons (Fsp3) is 0.143. The molecule has 2 rings (SSSR count). The lowest BCUT2D eigenvalue weighted by atomic mass is 10.1. The molecule has 8 heteroatoms. The molecule has 1 heterocycles. The first-order chi connectivity index (χ1) is 10.6. The summed E-state index contributed by atoms with van der Waals surface area (Å²) in [4.78, 5) is 10.6. The van der Waals surface area contributed by atoms with Crippen LogP contribution in [-0.2, 0) is 0 Å². The van der Waals surface area contributed by atoms with E-state index in [-0.39, 0.29) is 5.69 Å². The molecule has 0 aliphatic rings. The van der Waals surface area contributed by atoms with Crippen molar-refractivity contribution in [1.29, 1.82) is 0 Å². The predicted molar refractivity (Wildman–Crippen MR) is 87.8 cm³/mol. The van der Waals surface area contributed by atoms with Crippen LogP contribution in [0.4, 0.5) is 5.69 Å². The highest BCUT2D eigenvalue weighted by molar-refractivity contribution is 7.80.